The van der Waals surface area contributed by atoms with Crippen molar-refractivity contribution in [2.45, 2.75) is 20.0 Å². The lowest BCUT2D eigenvalue weighted by Gasteiger charge is -2.12. The number of nitrogens with zero attached hydrogens (tertiary/aromatic N) is 3. The quantitative estimate of drug-likeness (QED) is 0.775. The monoisotopic (exact) mass is 221 g/mol. The highest BCUT2D eigenvalue weighted by Gasteiger charge is 2.24. The maximum atomic E-state index is 5.51. The van der Waals surface area contributed by atoms with E-state index >= 15 is 0 Å². The Morgan fingerprint density at radius 2 is 2.38 bits per heavy atom. The van der Waals surface area contributed by atoms with Gasteiger partial charge >= 0.3 is 0 Å². The molecule has 5 nitrogen and oxygen atoms in total. The molecule has 1 atom stereocenters. The van der Waals surface area contributed by atoms with Crippen LogP contribution in [0.25, 0.3) is 0 Å². The first kappa shape index (κ1) is 10.9. The summed E-state index contributed by atoms with van der Waals surface area (Å²) in [6, 6.07) is 3.73. The molecule has 0 fully saturated rings. The fourth-order valence-corrected chi connectivity index (χ4v) is 1.41. The van der Waals surface area contributed by atoms with E-state index in [0.717, 1.165) is 5.56 Å². The fourth-order valence-electron chi connectivity index (χ4n) is 1.41. The molecule has 1 aliphatic heterocycles. The van der Waals surface area contributed by atoms with Crippen molar-refractivity contribution in [3.05, 3.63) is 23.9 Å². The molecule has 2 rings (SSSR count). The standard InChI is InChI=1S/C11H15N3O2/c1-4-15-10-9(6-5-7-12-10)11-13-8(2)14(3)16-11/h5-8H,4H2,1-3H3/t8-/m0/s1. The van der Waals surface area contributed by atoms with E-state index in [2.05, 4.69) is 9.98 Å². The Hall–Kier alpha value is -1.62. The molecule has 86 valence electrons. The molecule has 0 saturated heterocycles. The molecule has 0 aromatic carbocycles. The minimum absolute atomic E-state index is 0.0182. The smallest absolute Gasteiger partial charge is 0.248 e. The molecule has 0 unspecified atom stereocenters. The maximum Gasteiger partial charge on any atom is 0.248 e. The molecular weight excluding hydrogens is 206 g/mol. The maximum absolute atomic E-state index is 5.51. The van der Waals surface area contributed by atoms with Crippen LogP contribution in [0.4, 0.5) is 0 Å². The second-order valence-electron chi connectivity index (χ2n) is 3.49. The Balaban J connectivity index is 2.30. The van der Waals surface area contributed by atoms with Gasteiger partial charge < -0.3 is 9.57 Å². The van der Waals surface area contributed by atoms with Gasteiger partial charge in [0.25, 0.3) is 0 Å². The summed E-state index contributed by atoms with van der Waals surface area (Å²) in [7, 11) is 1.85. The fraction of sp³-hybridized carbons (Fsp3) is 0.455. The molecule has 0 radical (unpaired) electrons. The molecule has 2 heterocycles. The van der Waals surface area contributed by atoms with Crippen molar-refractivity contribution >= 4 is 5.90 Å². The van der Waals surface area contributed by atoms with E-state index in [0.29, 0.717) is 18.4 Å². The van der Waals surface area contributed by atoms with Gasteiger partial charge in [-0.05, 0) is 26.0 Å². The summed E-state index contributed by atoms with van der Waals surface area (Å²) >= 11 is 0. The van der Waals surface area contributed by atoms with E-state index < -0.39 is 0 Å². The largest absolute Gasteiger partial charge is 0.477 e. The van der Waals surface area contributed by atoms with E-state index in [1.807, 2.05) is 33.0 Å². The average Bonchev–Trinajstić information content (AvgIpc) is 2.60. The van der Waals surface area contributed by atoms with Crippen LogP contribution in [-0.2, 0) is 4.84 Å². The molecule has 0 amide bonds. The summed E-state index contributed by atoms with van der Waals surface area (Å²) in [5.41, 5.74) is 0.792. The third kappa shape index (κ3) is 1.99. The lowest BCUT2D eigenvalue weighted by molar-refractivity contribution is -0.0504. The molecular formula is C11H15N3O2. The third-order valence-corrected chi connectivity index (χ3v) is 2.34. The van der Waals surface area contributed by atoms with Crippen LogP contribution in [0.5, 0.6) is 5.88 Å². The molecule has 1 aromatic rings. The van der Waals surface area contributed by atoms with Crippen LogP contribution >= 0.6 is 0 Å². The predicted octanol–water partition coefficient (Wildman–Crippen LogP) is 1.45. The molecule has 1 aliphatic rings. The summed E-state index contributed by atoms with van der Waals surface area (Å²) in [6.45, 7) is 4.46. The summed E-state index contributed by atoms with van der Waals surface area (Å²) in [5, 5.41) is 1.69. The number of hydroxylamine groups is 2. The van der Waals surface area contributed by atoms with Gasteiger partial charge in [0.2, 0.25) is 11.8 Å². The zero-order valence-electron chi connectivity index (χ0n) is 9.67. The number of rotatable bonds is 3. The summed E-state index contributed by atoms with van der Waals surface area (Å²) in [6.07, 6.45) is 1.71. The van der Waals surface area contributed by atoms with E-state index in [9.17, 15) is 0 Å². The zero-order valence-corrected chi connectivity index (χ0v) is 9.67. The average molecular weight is 221 g/mol. The minimum Gasteiger partial charge on any atom is -0.477 e. The van der Waals surface area contributed by atoms with Crippen LogP contribution in [0.3, 0.4) is 0 Å². The van der Waals surface area contributed by atoms with Crippen LogP contribution in [0, 0.1) is 0 Å². The van der Waals surface area contributed by atoms with E-state index in [1.54, 1.807) is 11.3 Å². The number of aliphatic imine (C=N–C) groups is 1. The third-order valence-electron chi connectivity index (χ3n) is 2.34. The highest BCUT2D eigenvalue weighted by Crippen LogP contribution is 2.21. The molecule has 0 saturated carbocycles. The van der Waals surface area contributed by atoms with Gasteiger partial charge in [0.1, 0.15) is 11.7 Å². The number of aromatic nitrogens is 1. The number of ether oxygens (including phenoxy) is 1. The Morgan fingerprint density at radius 1 is 1.56 bits per heavy atom. The molecule has 16 heavy (non-hydrogen) atoms. The topological polar surface area (TPSA) is 47.0 Å². The summed E-state index contributed by atoms with van der Waals surface area (Å²) in [5.74, 6) is 1.12. The van der Waals surface area contributed by atoms with Gasteiger partial charge in [0.05, 0.1) is 6.61 Å². The van der Waals surface area contributed by atoms with Crippen LogP contribution in [-0.4, -0.2) is 35.8 Å². The van der Waals surface area contributed by atoms with E-state index in [-0.39, 0.29) is 6.17 Å². The normalized spacial score (nSPS) is 20.4. The second-order valence-corrected chi connectivity index (χ2v) is 3.49. The number of hydrogen-bond acceptors (Lipinski definition) is 5. The highest BCUT2D eigenvalue weighted by atomic mass is 16.7. The Bertz CT molecular complexity index is 406. The molecule has 0 aliphatic carbocycles. The van der Waals surface area contributed by atoms with Gasteiger partial charge in [0.15, 0.2) is 0 Å². The van der Waals surface area contributed by atoms with Crippen molar-refractivity contribution < 1.29 is 9.57 Å². The van der Waals surface area contributed by atoms with E-state index in [1.165, 1.54) is 0 Å². The molecule has 1 aromatic heterocycles. The lowest BCUT2D eigenvalue weighted by atomic mass is 10.2. The van der Waals surface area contributed by atoms with Gasteiger partial charge in [-0.15, -0.1) is 5.06 Å². The Labute approximate surface area is 94.7 Å². The van der Waals surface area contributed by atoms with Crippen molar-refractivity contribution in [1.82, 2.24) is 10.0 Å². The lowest BCUT2D eigenvalue weighted by Crippen LogP contribution is -2.22. The molecule has 0 spiro atoms. The van der Waals surface area contributed by atoms with Gasteiger partial charge in [0, 0.05) is 13.2 Å². The van der Waals surface area contributed by atoms with Crippen molar-refractivity contribution in [1.29, 1.82) is 0 Å². The van der Waals surface area contributed by atoms with Crippen molar-refractivity contribution in [3.8, 4) is 5.88 Å². The highest BCUT2D eigenvalue weighted by molar-refractivity contribution is 5.96. The van der Waals surface area contributed by atoms with Crippen molar-refractivity contribution in [2.24, 2.45) is 4.99 Å². The van der Waals surface area contributed by atoms with Gasteiger partial charge in [-0.1, -0.05) is 0 Å². The van der Waals surface area contributed by atoms with Crippen LogP contribution in [0.1, 0.15) is 19.4 Å². The van der Waals surface area contributed by atoms with Crippen molar-refractivity contribution in [3.63, 3.8) is 0 Å². The van der Waals surface area contributed by atoms with Crippen LogP contribution in [0.15, 0.2) is 23.3 Å². The zero-order chi connectivity index (χ0) is 11.5. The first-order valence-electron chi connectivity index (χ1n) is 5.29. The number of hydrogen-bond donors (Lipinski definition) is 0. The SMILES string of the molecule is CCOc1ncccc1C1=N[C@H](C)N(C)O1. The number of pyridine rings is 1. The van der Waals surface area contributed by atoms with Gasteiger partial charge in [-0.2, -0.15) is 0 Å². The molecule has 0 bridgehead atoms. The molecule has 0 N–H and O–H groups in total. The van der Waals surface area contributed by atoms with Crippen LogP contribution < -0.4 is 4.74 Å². The Kier molecular flexibility index (Phi) is 3.05. The van der Waals surface area contributed by atoms with Gasteiger partial charge in [-0.3, -0.25) is 0 Å². The predicted molar refractivity (Wildman–Crippen MR) is 60.3 cm³/mol. The minimum atomic E-state index is 0.0182. The van der Waals surface area contributed by atoms with Crippen molar-refractivity contribution in [2.75, 3.05) is 13.7 Å². The van der Waals surface area contributed by atoms with Gasteiger partial charge in [-0.25, -0.2) is 9.98 Å². The summed E-state index contributed by atoms with van der Waals surface area (Å²) < 4.78 is 5.43. The van der Waals surface area contributed by atoms with E-state index in [4.69, 9.17) is 9.57 Å². The first-order valence-corrected chi connectivity index (χ1v) is 5.29. The van der Waals surface area contributed by atoms with Crippen LogP contribution in [0.2, 0.25) is 0 Å². The first-order chi connectivity index (χ1) is 7.72. The second kappa shape index (κ2) is 4.49. The molecule has 5 heteroatoms. The summed E-state index contributed by atoms with van der Waals surface area (Å²) in [4.78, 5) is 14.1. The Morgan fingerprint density at radius 3 is 3.00 bits per heavy atom.